The van der Waals surface area contributed by atoms with E-state index in [2.05, 4.69) is 188 Å². The Labute approximate surface area is 324 Å². The molecule has 260 valence electrons. The highest BCUT2D eigenvalue weighted by Gasteiger charge is 2.18. The minimum atomic E-state index is 0.710. The van der Waals surface area contributed by atoms with Gasteiger partial charge in [-0.3, -0.25) is 0 Å². The molecule has 0 aliphatic carbocycles. The molecule has 0 atom stereocenters. The van der Waals surface area contributed by atoms with Gasteiger partial charge in [0.15, 0.2) is 5.82 Å². The molecule has 56 heavy (non-hydrogen) atoms. The van der Waals surface area contributed by atoms with Crippen molar-refractivity contribution in [2.24, 2.45) is 0 Å². The predicted octanol–water partition coefficient (Wildman–Crippen LogP) is 14.0. The number of fused-ring (bicyclic) bond motifs is 9. The van der Waals surface area contributed by atoms with E-state index in [-0.39, 0.29) is 0 Å². The Balaban J connectivity index is 1.03. The summed E-state index contributed by atoms with van der Waals surface area (Å²) in [5, 5.41) is 9.61. The fourth-order valence-corrected chi connectivity index (χ4v) is 8.40. The number of hydrogen-bond acceptors (Lipinski definition) is 3. The summed E-state index contributed by atoms with van der Waals surface area (Å²) in [6.45, 7) is 0. The molecule has 3 nitrogen and oxygen atoms in total. The van der Waals surface area contributed by atoms with E-state index in [0.29, 0.717) is 5.82 Å². The SMILES string of the molecule is c1ccc(-c2cccc(-c3nc(-c4cccc(-c5ccc(-c6nc7ccccc7c7c8ccccc8c8ccccc8c67)cc5)c4)c4ccccc4n3)c2)cc1. The molecule has 11 rings (SSSR count). The van der Waals surface area contributed by atoms with Gasteiger partial charge in [-0.05, 0) is 68.1 Å². The Bertz CT molecular complexity index is 3300. The van der Waals surface area contributed by atoms with Crippen molar-refractivity contribution in [1.29, 1.82) is 0 Å². The molecule has 0 bridgehead atoms. The molecule has 0 radical (unpaired) electrons. The van der Waals surface area contributed by atoms with Crippen LogP contribution < -0.4 is 0 Å². The minimum Gasteiger partial charge on any atom is -0.247 e. The predicted molar refractivity (Wildman–Crippen MR) is 235 cm³/mol. The number of para-hydroxylation sites is 2. The number of aromatic nitrogens is 3. The molecule has 0 aliphatic heterocycles. The van der Waals surface area contributed by atoms with Crippen molar-refractivity contribution in [3.63, 3.8) is 0 Å². The van der Waals surface area contributed by atoms with Gasteiger partial charge in [0.05, 0.1) is 22.4 Å². The lowest BCUT2D eigenvalue weighted by molar-refractivity contribution is 1.23. The second-order valence-electron chi connectivity index (χ2n) is 14.3. The molecule has 0 amide bonds. The van der Waals surface area contributed by atoms with E-state index in [1.165, 1.54) is 43.3 Å². The van der Waals surface area contributed by atoms with Crippen molar-refractivity contribution in [2.45, 2.75) is 0 Å². The molecule has 0 fully saturated rings. The van der Waals surface area contributed by atoms with E-state index in [4.69, 9.17) is 15.0 Å². The van der Waals surface area contributed by atoms with Crippen molar-refractivity contribution < 1.29 is 0 Å². The normalized spacial score (nSPS) is 11.6. The van der Waals surface area contributed by atoms with Crippen molar-refractivity contribution in [1.82, 2.24) is 15.0 Å². The average Bonchev–Trinajstić information content (AvgIpc) is 3.28. The second kappa shape index (κ2) is 13.1. The highest BCUT2D eigenvalue weighted by Crippen LogP contribution is 2.43. The first-order chi connectivity index (χ1) is 27.8. The van der Waals surface area contributed by atoms with Gasteiger partial charge in [0, 0.05) is 38.2 Å². The highest BCUT2D eigenvalue weighted by molar-refractivity contribution is 6.33. The average molecular weight is 712 g/mol. The smallest absolute Gasteiger partial charge is 0.160 e. The molecule has 2 heterocycles. The Morgan fingerprint density at radius 3 is 1.39 bits per heavy atom. The number of hydrogen-bond donors (Lipinski definition) is 0. The van der Waals surface area contributed by atoms with Gasteiger partial charge in [0.1, 0.15) is 0 Å². The number of benzene rings is 9. The van der Waals surface area contributed by atoms with Crippen molar-refractivity contribution in [2.75, 3.05) is 0 Å². The van der Waals surface area contributed by atoms with Gasteiger partial charge < -0.3 is 0 Å². The zero-order valence-corrected chi connectivity index (χ0v) is 30.4. The van der Waals surface area contributed by atoms with Crippen LogP contribution in [-0.4, -0.2) is 15.0 Å². The molecule has 0 aliphatic rings. The van der Waals surface area contributed by atoms with Crippen LogP contribution in [0.15, 0.2) is 200 Å². The Hall–Kier alpha value is -7.49. The van der Waals surface area contributed by atoms with Crippen LogP contribution in [0.3, 0.4) is 0 Å². The van der Waals surface area contributed by atoms with Crippen molar-refractivity contribution >= 4 is 54.1 Å². The van der Waals surface area contributed by atoms with E-state index in [0.717, 1.165) is 61.2 Å². The lowest BCUT2D eigenvalue weighted by atomic mass is 9.89. The van der Waals surface area contributed by atoms with Gasteiger partial charge >= 0.3 is 0 Å². The molecule has 9 aromatic carbocycles. The van der Waals surface area contributed by atoms with Crippen LogP contribution in [0.4, 0.5) is 0 Å². The standard InChI is InChI=1S/C53H33N3/c1-2-14-34(15-3-1)38-17-13-19-40(33-38)53-55-48-27-11-9-25-46(48)51(56-53)39-18-12-16-37(32-39)35-28-30-36(31-29-35)52-50-44-23-7-5-21-42(44)41-20-4-6-22-43(41)49(50)45-24-8-10-26-47(45)54-52/h1-33H. The molecule has 0 N–H and O–H groups in total. The quantitative estimate of drug-likeness (QED) is 0.167. The first-order valence-electron chi connectivity index (χ1n) is 19.0. The van der Waals surface area contributed by atoms with E-state index in [1.54, 1.807) is 0 Å². The summed E-state index contributed by atoms with van der Waals surface area (Å²) in [6, 6.07) is 70.9. The van der Waals surface area contributed by atoms with Crippen LogP contribution in [0.5, 0.6) is 0 Å². The monoisotopic (exact) mass is 711 g/mol. The number of pyridine rings is 1. The molecule has 11 aromatic rings. The van der Waals surface area contributed by atoms with E-state index < -0.39 is 0 Å². The zero-order chi connectivity index (χ0) is 37.0. The maximum Gasteiger partial charge on any atom is 0.160 e. The fourth-order valence-electron chi connectivity index (χ4n) is 8.40. The zero-order valence-electron chi connectivity index (χ0n) is 30.4. The molecular weight excluding hydrogens is 679 g/mol. The second-order valence-corrected chi connectivity index (χ2v) is 14.3. The first-order valence-corrected chi connectivity index (χ1v) is 19.0. The van der Waals surface area contributed by atoms with Gasteiger partial charge in [-0.1, -0.05) is 176 Å². The maximum absolute atomic E-state index is 5.36. The molecule has 0 saturated heterocycles. The topological polar surface area (TPSA) is 38.7 Å². The van der Waals surface area contributed by atoms with Crippen LogP contribution in [0, 0.1) is 0 Å². The Morgan fingerprint density at radius 2 is 0.696 bits per heavy atom. The third kappa shape index (κ3) is 5.32. The van der Waals surface area contributed by atoms with Gasteiger partial charge in [-0.15, -0.1) is 0 Å². The summed E-state index contributed by atoms with van der Waals surface area (Å²) in [7, 11) is 0. The third-order valence-electron chi connectivity index (χ3n) is 11.0. The summed E-state index contributed by atoms with van der Waals surface area (Å²) in [4.78, 5) is 15.6. The van der Waals surface area contributed by atoms with Crippen LogP contribution in [-0.2, 0) is 0 Å². The van der Waals surface area contributed by atoms with Crippen molar-refractivity contribution in [3.8, 4) is 56.2 Å². The summed E-state index contributed by atoms with van der Waals surface area (Å²) < 4.78 is 0. The van der Waals surface area contributed by atoms with Crippen LogP contribution >= 0.6 is 0 Å². The Morgan fingerprint density at radius 1 is 0.232 bits per heavy atom. The highest BCUT2D eigenvalue weighted by atomic mass is 14.9. The molecule has 0 saturated carbocycles. The summed E-state index contributed by atoms with van der Waals surface area (Å²) in [5.41, 5.74) is 11.5. The maximum atomic E-state index is 5.36. The van der Waals surface area contributed by atoms with Crippen LogP contribution in [0.1, 0.15) is 0 Å². The molecule has 3 heteroatoms. The molecule has 0 spiro atoms. The van der Waals surface area contributed by atoms with Crippen LogP contribution in [0.2, 0.25) is 0 Å². The summed E-state index contributed by atoms with van der Waals surface area (Å²) >= 11 is 0. The van der Waals surface area contributed by atoms with Gasteiger partial charge in [-0.2, -0.15) is 0 Å². The number of nitrogens with zero attached hydrogens (tertiary/aromatic N) is 3. The summed E-state index contributed by atoms with van der Waals surface area (Å²) in [5.74, 6) is 0.710. The van der Waals surface area contributed by atoms with E-state index in [9.17, 15) is 0 Å². The summed E-state index contributed by atoms with van der Waals surface area (Å²) in [6.07, 6.45) is 0. The first kappa shape index (κ1) is 32.0. The van der Waals surface area contributed by atoms with Crippen LogP contribution in [0.25, 0.3) is 110 Å². The van der Waals surface area contributed by atoms with Crippen molar-refractivity contribution in [3.05, 3.63) is 200 Å². The van der Waals surface area contributed by atoms with Gasteiger partial charge in [0.2, 0.25) is 0 Å². The van der Waals surface area contributed by atoms with Gasteiger partial charge in [-0.25, -0.2) is 15.0 Å². The van der Waals surface area contributed by atoms with E-state index >= 15 is 0 Å². The Kier molecular flexibility index (Phi) is 7.49. The lowest BCUT2D eigenvalue weighted by Gasteiger charge is -2.16. The molecule has 0 unspecified atom stereocenters. The minimum absolute atomic E-state index is 0.710. The lowest BCUT2D eigenvalue weighted by Crippen LogP contribution is -1.95. The largest absolute Gasteiger partial charge is 0.247 e. The van der Waals surface area contributed by atoms with E-state index in [1.807, 2.05) is 12.1 Å². The molecular formula is C53H33N3. The van der Waals surface area contributed by atoms with Gasteiger partial charge in [0.25, 0.3) is 0 Å². The third-order valence-corrected chi connectivity index (χ3v) is 11.0. The number of rotatable bonds is 5. The fraction of sp³-hybridized carbons (Fsp3) is 0. The molecule has 2 aromatic heterocycles.